The van der Waals surface area contributed by atoms with E-state index in [9.17, 15) is 9.90 Å². The first-order chi connectivity index (χ1) is 9.20. The van der Waals surface area contributed by atoms with E-state index in [-0.39, 0.29) is 6.04 Å². The van der Waals surface area contributed by atoms with Crippen LogP contribution in [0, 0.1) is 0 Å². The topological polar surface area (TPSA) is 79.8 Å². The van der Waals surface area contributed by atoms with Crippen molar-refractivity contribution >= 4 is 6.09 Å². The number of carbonyl (C=O) groups is 1. The van der Waals surface area contributed by atoms with Crippen LogP contribution in [0.3, 0.4) is 0 Å². The van der Waals surface area contributed by atoms with E-state index in [1.54, 1.807) is 0 Å². The number of aliphatic hydroxyl groups is 1. The zero-order valence-corrected chi connectivity index (χ0v) is 13.0. The second-order valence-electron chi connectivity index (χ2n) is 6.50. The van der Waals surface area contributed by atoms with Crippen LogP contribution in [0.1, 0.15) is 40.5 Å². The summed E-state index contributed by atoms with van der Waals surface area (Å²) >= 11 is 0. The van der Waals surface area contributed by atoms with E-state index in [1.807, 2.05) is 27.7 Å². The normalized spacial score (nSPS) is 20.2. The minimum absolute atomic E-state index is 0.0642. The van der Waals surface area contributed by atoms with Crippen molar-refractivity contribution in [1.82, 2.24) is 10.6 Å². The van der Waals surface area contributed by atoms with E-state index in [0.717, 1.165) is 0 Å². The van der Waals surface area contributed by atoms with Crippen molar-refractivity contribution in [3.8, 4) is 0 Å². The monoisotopic (exact) mass is 288 g/mol. The minimum Gasteiger partial charge on any atom is -0.444 e. The van der Waals surface area contributed by atoms with E-state index in [1.165, 1.54) is 0 Å². The van der Waals surface area contributed by atoms with Crippen LogP contribution in [0.4, 0.5) is 4.79 Å². The van der Waals surface area contributed by atoms with Crippen LogP contribution in [-0.4, -0.2) is 54.7 Å². The molecular weight excluding hydrogens is 260 g/mol. The zero-order valence-electron chi connectivity index (χ0n) is 13.0. The second-order valence-corrected chi connectivity index (χ2v) is 6.50. The molecule has 1 rings (SSSR count). The third-order valence-corrected chi connectivity index (χ3v) is 3.15. The molecule has 1 heterocycles. The highest BCUT2D eigenvalue weighted by Gasteiger charge is 2.29. The molecule has 1 atom stereocenters. The first-order valence-electron chi connectivity index (χ1n) is 7.21. The lowest BCUT2D eigenvalue weighted by molar-refractivity contribution is -0.0625. The average molecular weight is 288 g/mol. The highest BCUT2D eigenvalue weighted by atomic mass is 16.6. The number of nitrogens with one attached hydrogen (secondary N) is 2. The Balaban J connectivity index is 2.20. The Morgan fingerprint density at radius 3 is 2.55 bits per heavy atom. The molecule has 1 fully saturated rings. The van der Waals surface area contributed by atoms with Crippen molar-refractivity contribution in [2.75, 3.05) is 26.3 Å². The van der Waals surface area contributed by atoms with Crippen LogP contribution >= 0.6 is 0 Å². The van der Waals surface area contributed by atoms with Gasteiger partial charge in [-0.05, 0) is 27.7 Å². The third kappa shape index (κ3) is 7.07. The number of hydrogen-bond donors (Lipinski definition) is 3. The predicted octanol–water partition coefficient (Wildman–Crippen LogP) is 1.03. The molecule has 0 aromatic carbocycles. The number of rotatable bonds is 5. The number of ether oxygens (including phenoxy) is 2. The lowest BCUT2D eigenvalue weighted by atomic mass is 9.94. The maximum Gasteiger partial charge on any atom is 0.407 e. The SMILES string of the molecule is CC(CNC(=O)OC(C)(C)C)NCC1(O)CCOCC1. The van der Waals surface area contributed by atoms with Gasteiger partial charge in [0.25, 0.3) is 0 Å². The Morgan fingerprint density at radius 2 is 2.00 bits per heavy atom. The fourth-order valence-corrected chi connectivity index (χ4v) is 1.92. The van der Waals surface area contributed by atoms with Crippen LogP contribution < -0.4 is 10.6 Å². The number of alkyl carbamates (subject to hydrolysis) is 1. The van der Waals surface area contributed by atoms with Gasteiger partial charge in [0, 0.05) is 45.2 Å². The van der Waals surface area contributed by atoms with Gasteiger partial charge < -0.3 is 25.2 Å². The molecule has 1 aliphatic heterocycles. The van der Waals surface area contributed by atoms with Crippen molar-refractivity contribution in [2.45, 2.75) is 57.8 Å². The molecule has 0 saturated carbocycles. The van der Waals surface area contributed by atoms with E-state index < -0.39 is 17.3 Å². The van der Waals surface area contributed by atoms with Gasteiger partial charge in [0.05, 0.1) is 5.60 Å². The quantitative estimate of drug-likeness (QED) is 0.704. The van der Waals surface area contributed by atoms with Crippen molar-refractivity contribution in [1.29, 1.82) is 0 Å². The molecule has 1 unspecified atom stereocenters. The van der Waals surface area contributed by atoms with Gasteiger partial charge in [-0.1, -0.05) is 0 Å². The molecule has 0 bridgehead atoms. The number of amides is 1. The Kier molecular flexibility index (Phi) is 6.23. The lowest BCUT2D eigenvalue weighted by Gasteiger charge is -2.33. The second kappa shape index (κ2) is 7.24. The molecular formula is C14H28N2O4. The van der Waals surface area contributed by atoms with Gasteiger partial charge in [0.2, 0.25) is 0 Å². The maximum absolute atomic E-state index is 11.5. The summed E-state index contributed by atoms with van der Waals surface area (Å²) in [5, 5.41) is 16.2. The molecule has 20 heavy (non-hydrogen) atoms. The smallest absolute Gasteiger partial charge is 0.407 e. The molecule has 118 valence electrons. The average Bonchev–Trinajstić information content (AvgIpc) is 2.33. The van der Waals surface area contributed by atoms with Gasteiger partial charge in [-0.15, -0.1) is 0 Å². The fourth-order valence-electron chi connectivity index (χ4n) is 1.92. The largest absolute Gasteiger partial charge is 0.444 e. The molecule has 6 nitrogen and oxygen atoms in total. The van der Waals surface area contributed by atoms with Gasteiger partial charge in [-0.3, -0.25) is 0 Å². The van der Waals surface area contributed by atoms with Crippen molar-refractivity contribution < 1.29 is 19.4 Å². The van der Waals surface area contributed by atoms with Crippen LogP contribution in [0.5, 0.6) is 0 Å². The van der Waals surface area contributed by atoms with Gasteiger partial charge in [0.1, 0.15) is 5.60 Å². The van der Waals surface area contributed by atoms with Crippen LogP contribution in [-0.2, 0) is 9.47 Å². The molecule has 0 aromatic heterocycles. The van der Waals surface area contributed by atoms with Gasteiger partial charge >= 0.3 is 6.09 Å². The highest BCUT2D eigenvalue weighted by molar-refractivity contribution is 5.67. The van der Waals surface area contributed by atoms with E-state index in [0.29, 0.717) is 39.1 Å². The van der Waals surface area contributed by atoms with Crippen LogP contribution in [0.25, 0.3) is 0 Å². The van der Waals surface area contributed by atoms with Gasteiger partial charge in [-0.25, -0.2) is 4.79 Å². The summed E-state index contributed by atoms with van der Waals surface area (Å²) in [6.45, 7) is 9.61. The Bertz CT molecular complexity index is 309. The maximum atomic E-state index is 11.5. The third-order valence-electron chi connectivity index (χ3n) is 3.15. The zero-order chi connectivity index (χ0) is 15.2. The van der Waals surface area contributed by atoms with Crippen LogP contribution in [0.15, 0.2) is 0 Å². The molecule has 3 N–H and O–H groups in total. The first-order valence-corrected chi connectivity index (χ1v) is 7.21. The summed E-state index contributed by atoms with van der Waals surface area (Å²) in [5.41, 5.74) is -1.18. The Morgan fingerprint density at radius 1 is 1.40 bits per heavy atom. The summed E-state index contributed by atoms with van der Waals surface area (Å²) in [6.07, 6.45) is 0.870. The van der Waals surface area contributed by atoms with E-state index in [2.05, 4.69) is 10.6 Å². The molecule has 0 aliphatic carbocycles. The van der Waals surface area contributed by atoms with Crippen molar-refractivity contribution in [3.05, 3.63) is 0 Å². The first kappa shape index (κ1) is 17.2. The summed E-state index contributed by atoms with van der Waals surface area (Å²) in [4.78, 5) is 11.5. The molecule has 1 amide bonds. The lowest BCUT2D eigenvalue weighted by Crippen LogP contribution is -2.49. The van der Waals surface area contributed by atoms with E-state index >= 15 is 0 Å². The predicted molar refractivity (Wildman–Crippen MR) is 76.7 cm³/mol. The Hall–Kier alpha value is -0.850. The van der Waals surface area contributed by atoms with Gasteiger partial charge in [0.15, 0.2) is 0 Å². The number of hydrogen-bond acceptors (Lipinski definition) is 5. The van der Waals surface area contributed by atoms with Crippen molar-refractivity contribution in [3.63, 3.8) is 0 Å². The molecule has 0 spiro atoms. The fraction of sp³-hybridized carbons (Fsp3) is 0.929. The van der Waals surface area contributed by atoms with E-state index in [4.69, 9.17) is 9.47 Å². The number of carbonyl (C=O) groups excluding carboxylic acids is 1. The molecule has 1 aliphatic rings. The summed E-state index contributed by atoms with van der Waals surface area (Å²) < 4.78 is 10.4. The molecule has 0 aromatic rings. The summed E-state index contributed by atoms with van der Waals surface area (Å²) in [5.74, 6) is 0. The van der Waals surface area contributed by atoms with Crippen molar-refractivity contribution in [2.24, 2.45) is 0 Å². The molecule has 1 saturated heterocycles. The minimum atomic E-state index is -0.696. The summed E-state index contributed by atoms with van der Waals surface area (Å²) in [6, 6.07) is 0.0642. The highest BCUT2D eigenvalue weighted by Crippen LogP contribution is 2.19. The standard InChI is InChI=1S/C14H28N2O4/c1-11(9-15-12(17)20-13(2,3)4)16-10-14(18)5-7-19-8-6-14/h11,16,18H,5-10H2,1-4H3,(H,15,17). The Labute approximate surface area is 121 Å². The molecule has 0 radical (unpaired) electrons. The van der Waals surface area contributed by atoms with Crippen LogP contribution in [0.2, 0.25) is 0 Å². The van der Waals surface area contributed by atoms with Gasteiger partial charge in [-0.2, -0.15) is 0 Å². The summed E-state index contributed by atoms with van der Waals surface area (Å²) in [7, 11) is 0. The molecule has 6 heteroatoms.